The lowest BCUT2D eigenvalue weighted by Crippen LogP contribution is -1.97. The summed E-state index contributed by atoms with van der Waals surface area (Å²) >= 11 is 0. The maximum absolute atomic E-state index is 12.3. The Morgan fingerprint density at radius 3 is 2.40 bits per heavy atom. The van der Waals surface area contributed by atoms with E-state index in [1.54, 1.807) is 56.7 Å². The van der Waals surface area contributed by atoms with Crippen LogP contribution in [0.2, 0.25) is 0 Å². The fraction of sp³-hybridized carbons (Fsp3) is 0.190. The van der Waals surface area contributed by atoms with Crippen molar-refractivity contribution in [3.8, 4) is 17.2 Å². The lowest BCUT2D eigenvalue weighted by atomic mass is 10.0. The molecular formula is C21H22O4. The van der Waals surface area contributed by atoms with Gasteiger partial charge in [0.25, 0.3) is 0 Å². The first-order chi connectivity index (χ1) is 12.1. The second kappa shape index (κ2) is 8.73. The molecule has 2 rings (SSSR count). The van der Waals surface area contributed by atoms with Gasteiger partial charge in [0.05, 0.1) is 14.2 Å². The standard InChI is InChI=1S/C21H22O4/c1-5-14-25-18-10-6-17(7-11-18)19(22)12-8-16-9-13-20(23-3)21(24-4)15(16)2/h5-13H,1,14H2,2-4H3/b12-8+. The third-order valence-electron chi connectivity index (χ3n) is 3.76. The number of ether oxygens (including phenoxy) is 3. The SMILES string of the molecule is C=CCOc1ccc(C(=O)/C=C/c2ccc(OC)c(OC)c2C)cc1. The molecule has 2 aromatic rings. The molecule has 0 heterocycles. The summed E-state index contributed by atoms with van der Waals surface area (Å²) < 4.78 is 16.1. The van der Waals surface area contributed by atoms with Gasteiger partial charge in [-0.2, -0.15) is 0 Å². The predicted molar refractivity (Wildman–Crippen MR) is 99.8 cm³/mol. The average Bonchev–Trinajstić information content (AvgIpc) is 2.65. The third-order valence-corrected chi connectivity index (χ3v) is 3.76. The number of benzene rings is 2. The van der Waals surface area contributed by atoms with Crippen LogP contribution in [0.3, 0.4) is 0 Å². The van der Waals surface area contributed by atoms with Crippen molar-refractivity contribution in [3.63, 3.8) is 0 Å². The number of methoxy groups -OCH3 is 2. The van der Waals surface area contributed by atoms with Crippen LogP contribution in [0.5, 0.6) is 17.2 Å². The highest BCUT2D eigenvalue weighted by atomic mass is 16.5. The summed E-state index contributed by atoms with van der Waals surface area (Å²) in [5, 5.41) is 0. The van der Waals surface area contributed by atoms with E-state index in [2.05, 4.69) is 6.58 Å². The Bertz CT molecular complexity index is 773. The smallest absolute Gasteiger partial charge is 0.185 e. The molecular weight excluding hydrogens is 316 g/mol. The van der Waals surface area contributed by atoms with Crippen LogP contribution in [0.1, 0.15) is 21.5 Å². The number of hydrogen-bond acceptors (Lipinski definition) is 4. The molecule has 0 unspecified atom stereocenters. The van der Waals surface area contributed by atoms with Crippen LogP contribution in [0.25, 0.3) is 6.08 Å². The zero-order valence-electron chi connectivity index (χ0n) is 14.7. The number of hydrogen-bond donors (Lipinski definition) is 0. The summed E-state index contributed by atoms with van der Waals surface area (Å²) in [6.45, 7) is 5.96. The summed E-state index contributed by atoms with van der Waals surface area (Å²) in [5.41, 5.74) is 2.41. The van der Waals surface area contributed by atoms with Gasteiger partial charge in [0.15, 0.2) is 17.3 Å². The minimum Gasteiger partial charge on any atom is -0.493 e. The van der Waals surface area contributed by atoms with Crippen LogP contribution in [-0.4, -0.2) is 26.6 Å². The lowest BCUT2D eigenvalue weighted by molar-refractivity contribution is 0.104. The number of ketones is 1. The average molecular weight is 338 g/mol. The van der Waals surface area contributed by atoms with E-state index < -0.39 is 0 Å². The quantitative estimate of drug-likeness (QED) is 0.405. The second-order valence-electron chi connectivity index (χ2n) is 5.34. The monoisotopic (exact) mass is 338 g/mol. The zero-order valence-corrected chi connectivity index (χ0v) is 14.7. The van der Waals surface area contributed by atoms with Crippen molar-refractivity contribution in [2.45, 2.75) is 6.92 Å². The van der Waals surface area contributed by atoms with Crippen molar-refractivity contribution >= 4 is 11.9 Å². The topological polar surface area (TPSA) is 44.8 Å². The van der Waals surface area contributed by atoms with E-state index in [0.717, 1.165) is 11.1 Å². The Morgan fingerprint density at radius 2 is 1.80 bits per heavy atom. The van der Waals surface area contributed by atoms with Gasteiger partial charge in [-0.15, -0.1) is 0 Å². The van der Waals surface area contributed by atoms with E-state index in [9.17, 15) is 4.79 Å². The van der Waals surface area contributed by atoms with Crippen molar-refractivity contribution in [3.05, 3.63) is 71.8 Å². The molecule has 0 radical (unpaired) electrons. The van der Waals surface area contributed by atoms with E-state index in [0.29, 0.717) is 29.4 Å². The minimum atomic E-state index is -0.0792. The number of allylic oxidation sites excluding steroid dienone is 1. The summed E-state index contributed by atoms with van der Waals surface area (Å²) in [5.74, 6) is 1.96. The molecule has 2 aromatic carbocycles. The molecule has 0 bridgehead atoms. The number of carbonyl (C=O) groups excluding carboxylic acids is 1. The number of rotatable bonds is 8. The molecule has 0 atom stereocenters. The van der Waals surface area contributed by atoms with Crippen molar-refractivity contribution < 1.29 is 19.0 Å². The van der Waals surface area contributed by atoms with E-state index in [1.807, 2.05) is 19.1 Å². The van der Waals surface area contributed by atoms with Crippen molar-refractivity contribution in [2.75, 3.05) is 20.8 Å². The van der Waals surface area contributed by atoms with Crippen LogP contribution in [0.4, 0.5) is 0 Å². The molecule has 0 spiro atoms. The Hall–Kier alpha value is -3.01. The summed E-state index contributed by atoms with van der Waals surface area (Å²) in [6.07, 6.45) is 5.00. The fourth-order valence-electron chi connectivity index (χ4n) is 2.41. The molecule has 4 heteroatoms. The first-order valence-corrected chi connectivity index (χ1v) is 7.88. The van der Waals surface area contributed by atoms with Crippen LogP contribution < -0.4 is 14.2 Å². The molecule has 4 nitrogen and oxygen atoms in total. The highest BCUT2D eigenvalue weighted by Gasteiger charge is 2.10. The van der Waals surface area contributed by atoms with Gasteiger partial charge in [-0.05, 0) is 48.9 Å². The van der Waals surface area contributed by atoms with Gasteiger partial charge in [-0.25, -0.2) is 0 Å². The largest absolute Gasteiger partial charge is 0.493 e. The third kappa shape index (κ3) is 4.51. The first-order valence-electron chi connectivity index (χ1n) is 7.88. The molecule has 25 heavy (non-hydrogen) atoms. The Kier molecular flexibility index (Phi) is 6.40. The van der Waals surface area contributed by atoms with Gasteiger partial charge >= 0.3 is 0 Å². The predicted octanol–water partition coefficient (Wildman–Crippen LogP) is 4.47. The summed E-state index contributed by atoms with van der Waals surface area (Å²) in [4.78, 5) is 12.3. The Morgan fingerprint density at radius 1 is 1.08 bits per heavy atom. The van der Waals surface area contributed by atoms with E-state index in [1.165, 1.54) is 0 Å². The van der Waals surface area contributed by atoms with Gasteiger partial charge in [-0.3, -0.25) is 4.79 Å². The Labute approximate surface area is 148 Å². The van der Waals surface area contributed by atoms with Gasteiger partial charge < -0.3 is 14.2 Å². The van der Waals surface area contributed by atoms with Crippen LogP contribution in [-0.2, 0) is 0 Å². The fourth-order valence-corrected chi connectivity index (χ4v) is 2.41. The molecule has 0 aliphatic rings. The van der Waals surface area contributed by atoms with Crippen LogP contribution in [0, 0.1) is 6.92 Å². The molecule has 0 aliphatic carbocycles. The van der Waals surface area contributed by atoms with Gasteiger partial charge in [0.2, 0.25) is 0 Å². The van der Waals surface area contributed by atoms with Crippen LogP contribution >= 0.6 is 0 Å². The highest BCUT2D eigenvalue weighted by molar-refractivity contribution is 6.07. The molecule has 0 fully saturated rings. The zero-order chi connectivity index (χ0) is 18.2. The van der Waals surface area contributed by atoms with Crippen molar-refractivity contribution in [2.24, 2.45) is 0 Å². The van der Waals surface area contributed by atoms with Crippen molar-refractivity contribution in [1.29, 1.82) is 0 Å². The van der Waals surface area contributed by atoms with E-state index >= 15 is 0 Å². The maximum Gasteiger partial charge on any atom is 0.185 e. The highest BCUT2D eigenvalue weighted by Crippen LogP contribution is 2.33. The Balaban J connectivity index is 2.16. The van der Waals surface area contributed by atoms with E-state index in [-0.39, 0.29) is 5.78 Å². The molecule has 130 valence electrons. The van der Waals surface area contributed by atoms with Crippen molar-refractivity contribution in [1.82, 2.24) is 0 Å². The van der Waals surface area contributed by atoms with Crippen LogP contribution in [0.15, 0.2) is 55.1 Å². The molecule has 0 N–H and O–H groups in total. The van der Waals surface area contributed by atoms with Gasteiger partial charge in [0.1, 0.15) is 12.4 Å². The lowest BCUT2D eigenvalue weighted by Gasteiger charge is -2.12. The van der Waals surface area contributed by atoms with E-state index in [4.69, 9.17) is 14.2 Å². The second-order valence-corrected chi connectivity index (χ2v) is 5.34. The molecule has 0 aliphatic heterocycles. The maximum atomic E-state index is 12.3. The molecule has 0 aromatic heterocycles. The molecule has 0 saturated heterocycles. The van der Waals surface area contributed by atoms with Gasteiger partial charge in [-0.1, -0.05) is 24.8 Å². The minimum absolute atomic E-state index is 0.0792. The molecule has 0 amide bonds. The first kappa shape index (κ1) is 18.3. The normalized spacial score (nSPS) is 10.5. The summed E-state index contributed by atoms with van der Waals surface area (Å²) in [6, 6.07) is 10.7. The van der Waals surface area contributed by atoms with Gasteiger partial charge in [0, 0.05) is 11.1 Å². The number of carbonyl (C=O) groups is 1. The summed E-state index contributed by atoms with van der Waals surface area (Å²) in [7, 11) is 3.19. The molecule has 0 saturated carbocycles.